The summed E-state index contributed by atoms with van der Waals surface area (Å²) in [6.07, 6.45) is 0. The van der Waals surface area contributed by atoms with Crippen LogP contribution in [-0.2, 0) is 4.79 Å². The Morgan fingerprint density at radius 1 is 0.897 bits per heavy atom. The molecule has 7 heteroatoms. The van der Waals surface area contributed by atoms with Gasteiger partial charge in [-0.3, -0.25) is 4.79 Å². The molecule has 0 aliphatic heterocycles. The fourth-order valence-corrected chi connectivity index (χ4v) is 2.64. The highest BCUT2D eigenvalue weighted by Crippen LogP contribution is 2.25. The third-order valence-electron chi connectivity index (χ3n) is 4.02. The number of rotatable bonds is 6. The Hall–Kier alpha value is -4.00. The molecule has 0 aliphatic rings. The number of carbonyl (C=O) groups excluding carboxylic acids is 1. The quantitative estimate of drug-likeness (QED) is 0.523. The first-order chi connectivity index (χ1) is 14.2. The fraction of sp³-hybridized carbons (Fsp3) is 0.0455. The highest BCUT2D eigenvalue weighted by molar-refractivity contribution is 5.92. The van der Waals surface area contributed by atoms with Crippen LogP contribution in [0.2, 0.25) is 0 Å². The molecule has 1 amide bonds. The number of hydrogen-bond donors (Lipinski definition) is 1. The molecule has 0 fully saturated rings. The number of aromatic nitrogens is 2. The zero-order valence-corrected chi connectivity index (χ0v) is 15.2. The summed E-state index contributed by atoms with van der Waals surface area (Å²) >= 11 is 0. The van der Waals surface area contributed by atoms with E-state index in [-0.39, 0.29) is 18.3 Å². The molecule has 1 N–H and O–H groups in total. The van der Waals surface area contributed by atoms with Crippen molar-refractivity contribution in [2.45, 2.75) is 0 Å². The van der Waals surface area contributed by atoms with Gasteiger partial charge in [0.25, 0.3) is 5.91 Å². The summed E-state index contributed by atoms with van der Waals surface area (Å²) < 4.78 is 24.0. The van der Waals surface area contributed by atoms with Crippen LogP contribution in [0.1, 0.15) is 0 Å². The lowest BCUT2D eigenvalue weighted by atomic mass is 10.2. The second-order valence-electron chi connectivity index (χ2n) is 6.15. The van der Waals surface area contributed by atoms with Crippen LogP contribution in [0.5, 0.6) is 5.75 Å². The lowest BCUT2D eigenvalue weighted by Gasteiger charge is -2.08. The molecule has 0 unspecified atom stereocenters. The maximum atomic E-state index is 12.9. The Labute approximate surface area is 166 Å². The van der Waals surface area contributed by atoms with Crippen molar-refractivity contribution >= 4 is 11.6 Å². The van der Waals surface area contributed by atoms with Crippen molar-refractivity contribution in [2.75, 3.05) is 11.9 Å². The van der Waals surface area contributed by atoms with Crippen molar-refractivity contribution in [1.29, 1.82) is 0 Å². The van der Waals surface area contributed by atoms with Crippen molar-refractivity contribution in [3.05, 3.63) is 84.7 Å². The van der Waals surface area contributed by atoms with E-state index >= 15 is 0 Å². The predicted octanol–water partition coefficient (Wildman–Crippen LogP) is 4.56. The molecule has 0 bridgehead atoms. The molecule has 4 rings (SSSR count). The molecule has 0 saturated heterocycles. The SMILES string of the molecule is O=C(COc1ccc(F)cc1)Nc1cccc(-c2nnc(-c3ccccc3)o2)c1. The minimum absolute atomic E-state index is 0.200. The molecule has 144 valence electrons. The minimum atomic E-state index is -0.366. The number of nitrogens with zero attached hydrogens (tertiary/aromatic N) is 2. The normalized spacial score (nSPS) is 10.5. The fourth-order valence-electron chi connectivity index (χ4n) is 2.64. The summed E-state index contributed by atoms with van der Waals surface area (Å²) in [6.45, 7) is -0.200. The largest absolute Gasteiger partial charge is 0.484 e. The van der Waals surface area contributed by atoms with Crippen molar-refractivity contribution in [2.24, 2.45) is 0 Å². The number of halogens is 1. The Balaban J connectivity index is 1.41. The smallest absolute Gasteiger partial charge is 0.262 e. The number of benzene rings is 3. The van der Waals surface area contributed by atoms with Gasteiger partial charge >= 0.3 is 0 Å². The number of anilines is 1. The molecule has 0 aliphatic carbocycles. The van der Waals surface area contributed by atoms with Gasteiger partial charge in [-0.1, -0.05) is 24.3 Å². The summed E-state index contributed by atoms with van der Waals surface area (Å²) in [5, 5.41) is 10.9. The zero-order valence-electron chi connectivity index (χ0n) is 15.2. The van der Waals surface area contributed by atoms with E-state index in [0.29, 0.717) is 28.8 Å². The molecule has 0 saturated carbocycles. The topological polar surface area (TPSA) is 77.2 Å². The lowest BCUT2D eigenvalue weighted by molar-refractivity contribution is -0.118. The molecule has 1 aromatic heterocycles. The summed E-state index contributed by atoms with van der Waals surface area (Å²) in [5.74, 6) is 0.469. The lowest BCUT2D eigenvalue weighted by Crippen LogP contribution is -2.20. The van der Waals surface area contributed by atoms with Crippen LogP contribution in [0.15, 0.2) is 83.3 Å². The standard InChI is InChI=1S/C22H16FN3O3/c23-17-9-11-19(12-10-17)28-14-20(27)24-18-8-4-7-16(13-18)22-26-25-21(29-22)15-5-2-1-3-6-15/h1-13H,14H2,(H,24,27). The average Bonchev–Trinajstić information content (AvgIpc) is 3.25. The van der Waals surface area contributed by atoms with E-state index in [4.69, 9.17) is 9.15 Å². The molecule has 1 heterocycles. The number of ether oxygens (including phenoxy) is 1. The van der Waals surface area contributed by atoms with E-state index < -0.39 is 0 Å². The van der Waals surface area contributed by atoms with E-state index in [1.807, 2.05) is 36.4 Å². The van der Waals surface area contributed by atoms with Gasteiger partial charge in [-0.05, 0) is 54.6 Å². The van der Waals surface area contributed by atoms with Crippen molar-refractivity contribution in [3.8, 4) is 28.7 Å². The van der Waals surface area contributed by atoms with Gasteiger partial charge in [0.2, 0.25) is 11.8 Å². The number of amides is 1. The summed E-state index contributed by atoms with van der Waals surface area (Å²) in [4.78, 5) is 12.1. The molecule has 0 spiro atoms. The van der Waals surface area contributed by atoms with Gasteiger partial charge in [0.05, 0.1) is 0 Å². The number of nitrogens with one attached hydrogen (secondary N) is 1. The molecule has 29 heavy (non-hydrogen) atoms. The number of hydrogen-bond acceptors (Lipinski definition) is 5. The first-order valence-electron chi connectivity index (χ1n) is 8.85. The molecule has 3 aromatic carbocycles. The second-order valence-corrected chi connectivity index (χ2v) is 6.15. The van der Waals surface area contributed by atoms with Gasteiger partial charge in [-0.15, -0.1) is 10.2 Å². The van der Waals surface area contributed by atoms with Gasteiger partial charge in [-0.2, -0.15) is 0 Å². The van der Waals surface area contributed by atoms with Gasteiger partial charge in [0.1, 0.15) is 11.6 Å². The molecule has 4 aromatic rings. The van der Waals surface area contributed by atoms with Gasteiger partial charge in [0, 0.05) is 16.8 Å². The monoisotopic (exact) mass is 389 g/mol. The summed E-state index contributed by atoms with van der Waals surface area (Å²) in [7, 11) is 0. The van der Waals surface area contributed by atoms with Crippen molar-refractivity contribution < 1.29 is 18.3 Å². The van der Waals surface area contributed by atoms with E-state index in [9.17, 15) is 9.18 Å². The third-order valence-corrected chi connectivity index (χ3v) is 4.02. The van der Waals surface area contributed by atoms with E-state index in [0.717, 1.165) is 5.56 Å². The minimum Gasteiger partial charge on any atom is -0.484 e. The second kappa shape index (κ2) is 8.35. The van der Waals surface area contributed by atoms with Crippen molar-refractivity contribution in [3.63, 3.8) is 0 Å². The zero-order chi connectivity index (χ0) is 20.1. The molecule has 0 atom stereocenters. The molecule has 6 nitrogen and oxygen atoms in total. The third kappa shape index (κ3) is 4.65. The molecular formula is C22H16FN3O3. The van der Waals surface area contributed by atoms with Crippen LogP contribution >= 0.6 is 0 Å². The highest BCUT2D eigenvalue weighted by atomic mass is 19.1. The van der Waals surface area contributed by atoms with Gasteiger partial charge < -0.3 is 14.5 Å². The first kappa shape index (κ1) is 18.4. The van der Waals surface area contributed by atoms with Crippen molar-refractivity contribution in [1.82, 2.24) is 10.2 Å². The van der Waals surface area contributed by atoms with Gasteiger partial charge in [-0.25, -0.2) is 4.39 Å². The Bertz CT molecular complexity index is 1110. The Morgan fingerprint density at radius 3 is 2.34 bits per heavy atom. The summed E-state index contributed by atoms with van der Waals surface area (Å²) in [6, 6.07) is 22.0. The predicted molar refractivity (Wildman–Crippen MR) is 106 cm³/mol. The number of carbonyl (C=O) groups is 1. The van der Waals surface area contributed by atoms with Crippen LogP contribution in [0.3, 0.4) is 0 Å². The average molecular weight is 389 g/mol. The summed E-state index contributed by atoms with van der Waals surface area (Å²) in [5.41, 5.74) is 2.07. The first-order valence-corrected chi connectivity index (χ1v) is 8.85. The Kier molecular flexibility index (Phi) is 5.29. The van der Waals surface area contributed by atoms with E-state index in [1.165, 1.54) is 24.3 Å². The Morgan fingerprint density at radius 2 is 1.59 bits per heavy atom. The van der Waals surface area contributed by atoms with E-state index in [1.54, 1.807) is 18.2 Å². The van der Waals surface area contributed by atoms with Crippen LogP contribution in [0.25, 0.3) is 22.9 Å². The molecule has 0 radical (unpaired) electrons. The van der Waals surface area contributed by atoms with Crippen LogP contribution < -0.4 is 10.1 Å². The maximum Gasteiger partial charge on any atom is 0.262 e. The molecular weight excluding hydrogens is 373 g/mol. The van der Waals surface area contributed by atoms with E-state index in [2.05, 4.69) is 15.5 Å². The van der Waals surface area contributed by atoms with Gasteiger partial charge in [0.15, 0.2) is 6.61 Å². The highest BCUT2D eigenvalue weighted by Gasteiger charge is 2.11. The van der Waals surface area contributed by atoms with Crippen LogP contribution in [-0.4, -0.2) is 22.7 Å². The van der Waals surface area contributed by atoms with Crippen LogP contribution in [0, 0.1) is 5.82 Å². The maximum absolute atomic E-state index is 12.9. The van der Waals surface area contributed by atoms with Crippen LogP contribution in [0.4, 0.5) is 10.1 Å².